The Kier molecular flexibility index (Phi) is 5.38. The maximum absolute atomic E-state index is 12.5. The SMILES string of the molecule is CCOC(=O)c1nn(-c2ccccc2)c(=O)cc1NCc1ccccn1. The second kappa shape index (κ2) is 8.06. The molecule has 2 aromatic heterocycles. The molecule has 2 heterocycles. The number of anilines is 1. The number of para-hydroxylation sites is 1. The number of benzene rings is 1. The van der Waals surface area contributed by atoms with Crippen LogP contribution in [0.1, 0.15) is 23.1 Å². The van der Waals surface area contributed by atoms with Gasteiger partial charge in [0.2, 0.25) is 0 Å². The summed E-state index contributed by atoms with van der Waals surface area (Å²) in [7, 11) is 0. The highest BCUT2D eigenvalue weighted by Crippen LogP contribution is 2.14. The predicted molar refractivity (Wildman–Crippen MR) is 97.4 cm³/mol. The van der Waals surface area contributed by atoms with E-state index < -0.39 is 5.97 Å². The van der Waals surface area contributed by atoms with E-state index in [0.717, 1.165) is 5.69 Å². The van der Waals surface area contributed by atoms with E-state index in [9.17, 15) is 9.59 Å². The molecular weight excluding hydrogens is 332 g/mol. The number of rotatable bonds is 6. The summed E-state index contributed by atoms with van der Waals surface area (Å²) in [5, 5.41) is 7.27. The van der Waals surface area contributed by atoms with Crippen LogP contribution in [-0.2, 0) is 11.3 Å². The van der Waals surface area contributed by atoms with E-state index in [2.05, 4.69) is 15.4 Å². The summed E-state index contributed by atoms with van der Waals surface area (Å²) in [6.07, 6.45) is 1.68. The van der Waals surface area contributed by atoms with E-state index in [1.165, 1.54) is 10.7 Å². The number of hydrogen-bond acceptors (Lipinski definition) is 6. The third-order valence-electron chi connectivity index (χ3n) is 3.59. The molecule has 0 unspecified atom stereocenters. The molecule has 132 valence electrons. The molecule has 0 saturated carbocycles. The van der Waals surface area contributed by atoms with Crippen LogP contribution in [0.25, 0.3) is 5.69 Å². The standard InChI is InChI=1S/C19H18N4O3/c1-2-26-19(25)18-16(21-13-14-8-6-7-11-20-14)12-17(24)23(22-18)15-9-4-3-5-10-15/h3-12,21H,2,13H2,1H3. The van der Waals surface area contributed by atoms with Gasteiger partial charge in [0.1, 0.15) is 0 Å². The minimum Gasteiger partial charge on any atom is -0.461 e. The normalized spacial score (nSPS) is 10.3. The highest BCUT2D eigenvalue weighted by atomic mass is 16.5. The topological polar surface area (TPSA) is 86.1 Å². The molecule has 0 amide bonds. The first-order valence-electron chi connectivity index (χ1n) is 8.19. The second-order valence-corrected chi connectivity index (χ2v) is 5.39. The Morgan fingerprint density at radius 3 is 2.62 bits per heavy atom. The molecule has 0 radical (unpaired) electrons. The van der Waals surface area contributed by atoms with Gasteiger partial charge in [-0.25, -0.2) is 4.79 Å². The average molecular weight is 350 g/mol. The van der Waals surface area contributed by atoms with Crippen LogP contribution in [-0.4, -0.2) is 27.3 Å². The van der Waals surface area contributed by atoms with Crippen molar-refractivity contribution in [2.75, 3.05) is 11.9 Å². The van der Waals surface area contributed by atoms with Crippen LogP contribution in [0.5, 0.6) is 0 Å². The Labute approximate surface area is 150 Å². The average Bonchev–Trinajstić information content (AvgIpc) is 2.68. The van der Waals surface area contributed by atoms with E-state index in [-0.39, 0.29) is 17.9 Å². The number of nitrogens with zero attached hydrogens (tertiary/aromatic N) is 3. The van der Waals surface area contributed by atoms with Crippen molar-refractivity contribution in [2.45, 2.75) is 13.5 Å². The largest absolute Gasteiger partial charge is 0.461 e. The van der Waals surface area contributed by atoms with Crippen LogP contribution < -0.4 is 10.9 Å². The lowest BCUT2D eigenvalue weighted by atomic mass is 10.2. The van der Waals surface area contributed by atoms with Gasteiger partial charge in [0.15, 0.2) is 5.69 Å². The Morgan fingerprint density at radius 1 is 1.15 bits per heavy atom. The highest BCUT2D eigenvalue weighted by molar-refractivity contribution is 5.93. The lowest BCUT2D eigenvalue weighted by Crippen LogP contribution is -2.26. The molecule has 0 bridgehead atoms. The molecule has 26 heavy (non-hydrogen) atoms. The zero-order valence-electron chi connectivity index (χ0n) is 14.3. The maximum Gasteiger partial charge on any atom is 0.360 e. The number of esters is 1. The number of hydrogen-bond donors (Lipinski definition) is 1. The van der Waals surface area contributed by atoms with Crippen molar-refractivity contribution in [1.82, 2.24) is 14.8 Å². The van der Waals surface area contributed by atoms with Crippen LogP contribution >= 0.6 is 0 Å². The van der Waals surface area contributed by atoms with Crippen LogP contribution in [0, 0.1) is 0 Å². The van der Waals surface area contributed by atoms with Crippen LogP contribution in [0.3, 0.4) is 0 Å². The Hall–Kier alpha value is -3.48. The summed E-state index contributed by atoms with van der Waals surface area (Å²) < 4.78 is 6.26. The monoisotopic (exact) mass is 350 g/mol. The predicted octanol–water partition coefficient (Wildman–Crippen LogP) is 2.42. The molecule has 0 atom stereocenters. The molecule has 7 nitrogen and oxygen atoms in total. The van der Waals surface area contributed by atoms with Crippen molar-refractivity contribution in [3.8, 4) is 5.69 Å². The molecule has 1 aromatic carbocycles. The number of ether oxygens (including phenoxy) is 1. The minimum absolute atomic E-state index is 0.0474. The van der Waals surface area contributed by atoms with Crippen molar-refractivity contribution >= 4 is 11.7 Å². The van der Waals surface area contributed by atoms with Crippen molar-refractivity contribution < 1.29 is 9.53 Å². The molecule has 3 aromatic rings. The lowest BCUT2D eigenvalue weighted by molar-refractivity contribution is 0.0518. The van der Waals surface area contributed by atoms with Gasteiger partial charge in [0.05, 0.1) is 30.2 Å². The first-order chi connectivity index (χ1) is 12.7. The molecule has 1 N–H and O–H groups in total. The highest BCUT2D eigenvalue weighted by Gasteiger charge is 2.18. The van der Waals surface area contributed by atoms with Crippen LogP contribution in [0.2, 0.25) is 0 Å². The molecule has 7 heteroatoms. The van der Waals surface area contributed by atoms with E-state index in [0.29, 0.717) is 17.9 Å². The molecule has 0 aliphatic carbocycles. The zero-order chi connectivity index (χ0) is 18.4. The molecule has 3 rings (SSSR count). The van der Waals surface area contributed by atoms with Gasteiger partial charge < -0.3 is 10.1 Å². The van der Waals surface area contributed by atoms with Gasteiger partial charge in [0.25, 0.3) is 5.56 Å². The third-order valence-corrected chi connectivity index (χ3v) is 3.59. The maximum atomic E-state index is 12.5. The van der Waals surface area contributed by atoms with Crippen molar-refractivity contribution in [1.29, 1.82) is 0 Å². The van der Waals surface area contributed by atoms with Crippen molar-refractivity contribution in [3.63, 3.8) is 0 Å². The quantitative estimate of drug-likeness (QED) is 0.687. The van der Waals surface area contributed by atoms with Gasteiger partial charge in [0, 0.05) is 12.3 Å². The van der Waals surface area contributed by atoms with E-state index >= 15 is 0 Å². The van der Waals surface area contributed by atoms with Gasteiger partial charge in [-0.1, -0.05) is 24.3 Å². The van der Waals surface area contributed by atoms with Crippen molar-refractivity contribution in [2.24, 2.45) is 0 Å². The van der Waals surface area contributed by atoms with Crippen LogP contribution in [0.15, 0.2) is 65.6 Å². The summed E-state index contributed by atoms with van der Waals surface area (Å²) in [6.45, 7) is 2.28. The molecule has 0 aliphatic rings. The van der Waals surface area contributed by atoms with E-state index in [4.69, 9.17) is 4.74 Å². The number of nitrogens with one attached hydrogen (secondary N) is 1. The smallest absolute Gasteiger partial charge is 0.360 e. The molecule has 0 fully saturated rings. The molecule has 0 saturated heterocycles. The van der Waals surface area contributed by atoms with Gasteiger partial charge in [-0.3, -0.25) is 9.78 Å². The van der Waals surface area contributed by atoms with Gasteiger partial charge in [-0.15, -0.1) is 0 Å². The number of carbonyl (C=O) groups is 1. The molecule has 0 spiro atoms. The van der Waals surface area contributed by atoms with Crippen LogP contribution in [0.4, 0.5) is 5.69 Å². The lowest BCUT2D eigenvalue weighted by Gasteiger charge is -2.12. The summed E-state index contributed by atoms with van der Waals surface area (Å²) in [6, 6.07) is 15.8. The third kappa shape index (κ3) is 3.94. The fourth-order valence-electron chi connectivity index (χ4n) is 2.38. The zero-order valence-corrected chi connectivity index (χ0v) is 14.3. The van der Waals surface area contributed by atoms with Gasteiger partial charge >= 0.3 is 5.97 Å². The summed E-state index contributed by atoms with van der Waals surface area (Å²) >= 11 is 0. The summed E-state index contributed by atoms with van der Waals surface area (Å²) in [4.78, 5) is 29.0. The van der Waals surface area contributed by atoms with E-state index in [1.54, 1.807) is 37.4 Å². The first-order valence-corrected chi connectivity index (χ1v) is 8.19. The first kappa shape index (κ1) is 17.3. The van der Waals surface area contributed by atoms with Gasteiger partial charge in [-0.05, 0) is 31.2 Å². The Bertz CT molecular complexity index is 940. The fraction of sp³-hybridized carbons (Fsp3) is 0.158. The van der Waals surface area contributed by atoms with Gasteiger partial charge in [-0.2, -0.15) is 9.78 Å². The van der Waals surface area contributed by atoms with E-state index in [1.807, 2.05) is 24.3 Å². The number of pyridine rings is 1. The summed E-state index contributed by atoms with van der Waals surface area (Å²) in [5.41, 5.74) is 1.35. The molecular formula is C19H18N4O3. The fourth-order valence-corrected chi connectivity index (χ4v) is 2.38. The minimum atomic E-state index is -0.597. The Morgan fingerprint density at radius 2 is 1.92 bits per heavy atom. The molecule has 0 aliphatic heterocycles. The Balaban J connectivity index is 1.98. The number of carbonyl (C=O) groups excluding carboxylic acids is 1. The number of aromatic nitrogens is 3. The van der Waals surface area contributed by atoms with Crippen molar-refractivity contribution in [3.05, 3.63) is 82.5 Å². The second-order valence-electron chi connectivity index (χ2n) is 5.39. The summed E-state index contributed by atoms with van der Waals surface area (Å²) in [5.74, 6) is -0.597.